The minimum atomic E-state index is -1.14. The lowest BCUT2D eigenvalue weighted by Crippen LogP contribution is -2.60. The summed E-state index contributed by atoms with van der Waals surface area (Å²) in [6, 6.07) is 8.84. The van der Waals surface area contributed by atoms with Crippen LogP contribution in [-0.2, 0) is 44.7 Å². The maximum absolute atomic E-state index is 14.6. The molecule has 16 nitrogen and oxygen atoms in total. The van der Waals surface area contributed by atoms with Crippen LogP contribution in [0, 0.1) is 23.7 Å². The van der Waals surface area contributed by atoms with Crippen molar-refractivity contribution in [2.45, 2.75) is 141 Å². The molecular formula is C46H66N6O10. The number of carbonyl (C=O) groups is 2. The third kappa shape index (κ3) is 9.27. The first-order valence-electron chi connectivity index (χ1n) is 22.2. The Labute approximate surface area is 365 Å². The van der Waals surface area contributed by atoms with Crippen LogP contribution in [0.4, 0.5) is 4.79 Å². The number of cyclic esters (lactones) is 1. The average Bonchev–Trinajstić information content (AvgIpc) is 3.39. The highest BCUT2D eigenvalue weighted by Gasteiger charge is 2.60. The number of rotatable bonds is 8. The first-order valence-corrected chi connectivity index (χ1v) is 22.2. The second-order valence-electron chi connectivity index (χ2n) is 18.6. The third-order valence-electron chi connectivity index (χ3n) is 13.7. The number of oxime groups is 1. The Kier molecular flexibility index (Phi) is 14.1. The normalized spacial score (nSPS) is 38.9. The topological polar surface area (TPSA) is 176 Å². The average molecular weight is 863 g/mol. The number of fused-ring (bicyclic) bond motifs is 4. The van der Waals surface area contributed by atoms with E-state index in [0.717, 1.165) is 17.0 Å². The number of aromatic nitrogens is 2. The number of pyridine rings is 2. The number of amides is 1. The van der Waals surface area contributed by atoms with E-state index < -0.39 is 71.8 Å². The molecule has 0 radical (unpaired) electrons. The molecule has 2 aromatic heterocycles. The predicted molar refractivity (Wildman–Crippen MR) is 230 cm³/mol. The van der Waals surface area contributed by atoms with Crippen LogP contribution < -0.4 is 0 Å². The Morgan fingerprint density at radius 3 is 2.56 bits per heavy atom. The molecule has 0 saturated carbocycles. The standard InChI is InChI=1S/C46H66N6O10/c1-11-36-46(8)40-28(4)37(48-18-19-52(40)44(55)62-46)26(2)21-45(7)41(61-43-38(53)35(51(9)10)20-27(3)59-43)29(5)39(30(6)42(54)60-36)56-23-33(24-57-45)50-58-25-32-15-12-16-34(49-32)31-14-13-17-47-22-31/h12-17,22,26-30,35-36,38-41,43,53H,11,18-21,23-25H2,1-10H3/b50-33+/t26-,27+,28+,29+,30-,35-,36-,38+,39+,40-,41-,43-,45-,46-/m1/s1. The number of hydrogen-bond acceptors (Lipinski definition) is 15. The quantitative estimate of drug-likeness (QED) is 0.268. The highest BCUT2D eigenvalue weighted by molar-refractivity contribution is 5.91. The highest BCUT2D eigenvalue weighted by atomic mass is 16.7. The van der Waals surface area contributed by atoms with Gasteiger partial charge < -0.3 is 43.3 Å². The Hall–Kier alpha value is -4.06. The molecule has 7 rings (SSSR count). The molecule has 0 unspecified atom stereocenters. The summed E-state index contributed by atoms with van der Waals surface area (Å²) in [4.78, 5) is 52.0. The summed E-state index contributed by atoms with van der Waals surface area (Å²) in [5.74, 6) is -2.31. The lowest BCUT2D eigenvalue weighted by atomic mass is 9.72. The minimum absolute atomic E-state index is 0.00601. The van der Waals surface area contributed by atoms with Crippen molar-refractivity contribution in [2.24, 2.45) is 33.8 Å². The van der Waals surface area contributed by atoms with E-state index in [1.165, 1.54) is 0 Å². The minimum Gasteiger partial charge on any atom is -0.458 e. The van der Waals surface area contributed by atoms with E-state index in [0.29, 0.717) is 43.8 Å². The van der Waals surface area contributed by atoms with Gasteiger partial charge in [-0.05, 0) is 91.2 Å². The van der Waals surface area contributed by atoms with Gasteiger partial charge in [-0.2, -0.15) is 0 Å². The molecule has 1 amide bonds. The molecule has 0 aromatic carbocycles. The van der Waals surface area contributed by atoms with E-state index in [1.807, 2.05) is 83.9 Å². The Bertz CT molecular complexity index is 1950. The summed E-state index contributed by atoms with van der Waals surface area (Å²) in [6.45, 7) is 16.6. The van der Waals surface area contributed by atoms with E-state index in [1.54, 1.807) is 24.2 Å². The lowest BCUT2D eigenvalue weighted by molar-refractivity contribution is -0.302. The first-order chi connectivity index (χ1) is 29.5. The fourth-order valence-corrected chi connectivity index (χ4v) is 10.6. The Morgan fingerprint density at radius 1 is 1.05 bits per heavy atom. The van der Waals surface area contributed by atoms with Crippen LogP contribution >= 0.6 is 0 Å². The van der Waals surface area contributed by atoms with Crippen molar-refractivity contribution in [3.05, 3.63) is 48.4 Å². The summed E-state index contributed by atoms with van der Waals surface area (Å²) in [5.41, 5.74) is 1.43. The second kappa shape index (κ2) is 19.0. The highest BCUT2D eigenvalue weighted by Crippen LogP contribution is 2.45. The molecule has 5 aliphatic heterocycles. The van der Waals surface area contributed by atoms with Gasteiger partial charge in [0.1, 0.15) is 17.9 Å². The van der Waals surface area contributed by atoms with E-state index in [4.69, 9.17) is 43.2 Å². The zero-order valence-corrected chi connectivity index (χ0v) is 37.9. The summed E-state index contributed by atoms with van der Waals surface area (Å²) >= 11 is 0. The van der Waals surface area contributed by atoms with Crippen LogP contribution in [-0.4, -0.2) is 149 Å². The number of aliphatic hydroxyl groups is 1. The van der Waals surface area contributed by atoms with Crippen LogP contribution in [0.3, 0.4) is 0 Å². The van der Waals surface area contributed by atoms with Gasteiger partial charge in [0.25, 0.3) is 0 Å². The van der Waals surface area contributed by atoms with Gasteiger partial charge in [0.15, 0.2) is 18.5 Å². The molecule has 4 bridgehead atoms. The molecule has 0 aliphatic carbocycles. The third-order valence-corrected chi connectivity index (χ3v) is 13.7. The van der Waals surface area contributed by atoms with Gasteiger partial charge in [0.2, 0.25) is 0 Å². The van der Waals surface area contributed by atoms with Gasteiger partial charge in [-0.15, -0.1) is 0 Å². The molecule has 14 atom stereocenters. The first kappa shape index (κ1) is 45.9. The van der Waals surface area contributed by atoms with E-state index in [9.17, 15) is 14.7 Å². The van der Waals surface area contributed by atoms with Crippen molar-refractivity contribution >= 4 is 23.5 Å². The molecule has 340 valence electrons. The number of aliphatic imine (C=N–C) groups is 1. The maximum atomic E-state index is 14.6. The van der Waals surface area contributed by atoms with Crippen molar-refractivity contribution < 1.29 is 48.0 Å². The van der Waals surface area contributed by atoms with Crippen molar-refractivity contribution in [2.75, 3.05) is 40.4 Å². The Balaban J connectivity index is 1.28. The monoisotopic (exact) mass is 862 g/mol. The van der Waals surface area contributed by atoms with Crippen molar-refractivity contribution in [3.8, 4) is 11.3 Å². The predicted octanol–water partition coefficient (Wildman–Crippen LogP) is 5.31. The fraction of sp³-hybridized carbons (Fsp3) is 0.696. The number of hydrogen-bond donors (Lipinski definition) is 1. The summed E-state index contributed by atoms with van der Waals surface area (Å²) in [7, 11) is 3.87. The van der Waals surface area contributed by atoms with E-state index in [2.05, 4.69) is 24.0 Å². The zero-order chi connectivity index (χ0) is 44.5. The largest absolute Gasteiger partial charge is 0.458 e. The van der Waals surface area contributed by atoms with Gasteiger partial charge in [-0.1, -0.05) is 38.9 Å². The van der Waals surface area contributed by atoms with E-state index >= 15 is 0 Å². The molecule has 16 heteroatoms. The number of aliphatic hydroxyl groups excluding tert-OH is 1. The van der Waals surface area contributed by atoms with Gasteiger partial charge in [0, 0.05) is 48.1 Å². The van der Waals surface area contributed by atoms with Crippen LogP contribution in [0.1, 0.15) is 80.3 Å². The van der Waals surface area contributed by atoms with Gasteiger partial charge in [0.05, 0.1) is 67.0 Å². The van der Waals surface area contributed by atoms with Gasteiger partial charge in [-0.3, -0.25) is 19.7 Å². The van der Waals surface area contributed by atoms with Crippen LogP contribution in [0.15, 0.2) is 52.9 Å². The SMILES string of the molecule is CC[C@H]1OC(=O)[C@H](C)[C@H]2OC/C(=N\OCc3cccc(-c4cccnc4)n3)CO[C@](C)(C[C@@H](C)C3=NCCN4C(=O)O[C@@]1(C)[C@H]4[C@H]3C)[C@H](O[C@H]1O[C@@H](C)C[C@@H](N(C)C)[C@@H]1O)[C@H]2C. The van der Waals surface area contributed by atoms with Crippen LogP contribution in [0.25, 0.3) is 11.3 Å². The summed E-state index contributed by atoms with van der Waals surface area (Å²) in [6.07, 6.45) is -0.0513. The molecule has 7 heterocycles. The summed E-state index contributed by atoms with van der Waals surface area (Å²) in [5, 5.41) is 16.4. The molecule has 1 N–H and O–H groups in total. The van der Waals surface area contributed by atoms with Gasteiger partial charge in [-0.25, -0.2) is 9.78 Å². The van der Waals surface area contributed by atoms with Crippen LogP contribution in [0.2, 0.25) is 0 Å². The Morgan fingerprint density at radius 2 is 1.84 bits per heavy atom. The number of carbonyl (C=O) groups excluding carboxylic acids is 2. The van der Waals surface area contributed by atoms with Crippen LogP contribution in [0.5, 0.6) is 0 Å². The van der Waals surface area contributed by atoms with Gasteiger partial charge >= 0.3 is 12.1 Å². The van der Waals surface area contributed by atoms with Crippen molar-refractivity contribution in [1.29, 1.82) is 0 Å². The smallest absolute Gasteiger partial charge is 0.410 e. The van der Waals surface area contributed by atoms with Crippen molar-refractivity contribution in [1.82, 2.24) is 19.8 Å². The molecule has 4 fully saturated rings. The number of esters is 1. The van der Waals surface area contributed by atoms with Crippen molar-refractivity contribution in [3.63, 3.8) is 0 Å². The molecule has 0 spiro atoms. The zero-order valence-electron chi connectivity index (χ0n) is 37.9. The number of likely N-dealkylation sites (N-methyl/N-ethyl adjacent to an activating group) is 1. The lowest BCUT2D eigenvalue weighted by Gasteiger charge is -2.48. The molecular weight excluding hydrogens is 797 g/mol. The fourth-order valence-electron chi connectivity index (χ4n) is 10.6. The maximum Gasteiger partial charge on any atom is 0.410 e. The second-order valence-corrected chi connectivity index (χ2v) is 18.6. The molecule has 5 aliphatic rings. The van der Waals surface area contributed by atoms with E-state index in [-0.39, 0.29) is 43.8 Å². The number of nitrogens with zero attached hydrogens (tertiary/aromatic N) is 6. The molecule has 4 saturated heterocycles. The molecule has 2 aromatic rings. The molecule has 62 heavy (non-hydrogen) atoms. The number of ether oxygens (including phenoxy) is 6. The summed E-state index contributed by atoms with van der Waals surface area (Å²) < 4.78 is 39.9.